The highest BCUT2D eigenvalue weighted by Crippen LogP contribution is 2.21. The summed E-state index contributed by atoms with van der Waals surface area (Å²) in [6.07, 6.45) is 1.52. The number of benzene rings is 3. The maximum atomic E-state index is 13.3. The lowest BCUT2D eigenvalue weighted by Crippen LogP contribution is -2.26. The summed E-state index contributed by atoms with van der Waals surface area (Å²) in [7, 11) is -0.658. The van der Waals surface area contributed by atoms with E-state index >= 15 is 0 Å². The van der Waals surface area contributed by atoms with Crippen molar-refractivity contribution in [3.63, 3.8) is 0 Å². The predicted octanol–water partition coefficient (Wildman–Crippen LogP) is 4.24. The molecule has 3 aromatic rings. The van der Waals surface area contributed by atoms with E-state index in [0.29, 0.717) is 5.75 Å². The minimum Gasteiger partial charge on any atom is -0.497 e. The summed E-state index contributed by atoms with van der Waals surface area (Å²) >= 11 is 0. The molecule has 0 aliphatic heterocycles. The Kier molecular flexibility index (Phi) is 6.74. The van der Waals surface area contributed by atoms with Gasteiger partial charge in [-0.05, 0) is 66.6 Å². The van der Waals surface area contributed by atoms with Gasteiger partial charge in [0.2, 0.25) is 0 Å². The first kappa shape index (κ1) is 21.4. The lowest BCUT2D eigenvalue weighted by molar-refractivity contribution is 0.412. The molecule has 0 heterocycles. The minimum absolute atomic E-state index is 0.0901. The van der Waals surface area contributed by atoms with Crippen LogP contribution in [0.4, 0.5) is 0 Å². The molecule has 0 amide bonds. The third-order valence-corrected chi connectivity index (χ3v) is 6.17. The summed E-state index contributed by atoms with van der Waals surface area (Å²) < 4.78 is 37.9. The first-order valence-corrected chi connectivity index (χ1v) is 10.8. The Labute approximate surface area is 177 Å². The molecule has 0 spiro atoms. The second-order valence-corrected chi connectivity index (χ2v) is 8.51. The summed E-state index contributed by atoms with van der Waals surface area (Å²) in [5.41, 5.74) is 2.53. The smallest absolute Gasteiger partial charge is 0.279 e. The van der Waals surface area contributed by atoms with E-state index < -0.39 is 10.0 Å². The number of sulfonamides is 1. The molecule has 0 radical (unpaired) electrons. The van der Waals surface area contributed by atoms with Crippen LogP contribution < -0.4 is 9.47 Å². The maximum Gasteiger partial charge on any atom is 0.279 e. The van der Waals surface area contributed by atoms with E-state index in [4.69, 9.17) is 9.47 Å². The number of hydrogen-bond donors (Lipinski definition) is 0. The number of ether oxygens (including phenoxy) is 2. The van der Waals surface area contributed by atoms with Gasteiger partial charge in [-0.3, -0.25) is 0 Å². The van der Waals surface area contributed by atoms with Crippen molar-refractivity contribution in [2.45, 2.75) is 18.4 Å². The molecular formula is C23H24N2O4S. The SMILES string of the molecule is COc1ccc(C=NN(Cc2ccc(OC)cc2)S(=O)(=O)c2ccc(C)cc2)cc1. The topological polar surface area (TPSA) is 68.2 Å². The highest BCUT2D eigenvalue weighted by molar-refractivity contribution is 7.89. The summed E-state index contributed by atoms with van der Waals surface area (Å²) in [5, 5.41) is 4.31. The number of aryl methyl sites for hydroxylation is 1. The molecule has 0 atom stereocenters. The van der Waals surface area contributed by atoms with Crippen LogP contribution in [0.3, 0.4) is 0 Å². The van der Waals surface area contributed by atoms with E-state index in [1.807, 2.05) is 31.2 Å². The molecule has 0 fully saturated rings. The van der Waals surface area contributed by atoms with Gasteiger partial charge in [0.1, 0.15) is 11.5 Å². The van der Waals surface area contributed by atoms with Crippen LogP contribution in [0.2, 0.25) is 0 Å². The molecule has 3 aromatic carbocycles. The van der Waals surface area contributed by atoms with Crippen LogP contribution in [0.25, 0.3) is 0 Å². The Morgan fingerprint density at radius 3 is 1.90 bits per heavy atom. The van der Waals surface area contributed by atoms with Crippen molar-refractivity contribution >= 4 is 16.2 Å². The summed E-state index contributed by atoms with van der Waals surface area (Å²) in [5.74, 6) is 1.42. The van der Waals surface area contributed by atoms with Crippen molar-refractivity contribution in [2.75, 3.05) is 14.2 Å². The summed E-state index contributed by atoms with van der Waals surface area (Å²) in [6.45, 7) is 2.00. The van der Waals surface area contributed by atoms with Crippen molar-refractivity contribution in [1.29, 1.82) is 0 Å². The lowest BCUT2D eigenvalue weighted by atomic mass is 10.2. The Morgan fingerprint density at radius 1 is 0.833 bits per heavy atom. The van der Waals surface area contributed by atoms with Crippen LogP contribution in [0.15, 0.2) is 82.8 Å². The Balaban J connectivity index is 1.93. The van der Waals surface area contributed by atoms with Crippen molar-refractivity contribution in [2.24, 2.45) is 5.10 Å². The van der Waals surface area contributed by atoms with Crippen LogP contribution in [0, 0.1) is 6.92 Å². The average Bonchev–Trinajstić information content (AvgIpc) is 2.77. The van der Waals surface area contributed by atoms with Gasteiger partial charge in [-0.1, -0.05) is 29.8 Å². The van der Waals surface area contributed by atoms with E-state index in [9.17, 15) is 8.42 Å². The zero-order valence-corrected chi connectivity index (χ0v) is 18.0. The van der Waals surface area contributed by atoms with Gasteiger partial charge in [-0.25, -0.2) is 0 Å². The Morgan fingerprint density at radius 2 is 1.37 bits per heavy atom. The Bertz CT molecular complexity index is 1090. The standard InChI is InChI=1S/C23H24N2O4S/c1-18-4-14-23(15-5-18)30(26,27)25(17-20-8-12-22(29-3)13-9-20)24-16-19-6-10-21(28-2)11-7-19/h4-16H,17H2,1-3H3. The second-order valence-electron chi connectivity index (χ2n) is 6.66. The second kappa shape index (κ2) is 9.45. The molecule has 7 heteroatoms. The van der Waals surface area contributed by atoms with Crippen LogP contribution in [0.5, 0.6) is 11.5 Å². The fourth-order valence-corrected chi connectivity index (χ4v) is 3.94. The average molecular weight is 425 g/mol. The van der Waals surface area contributed by atoms with Gasteiger partial charge in [0.25, 0.3) is 10.0 Å². The van der Waals surface area contributed by atoms with Gasteiger partial charge < -0.3 is 9.47 Å². The zero-order valence-electron chi connectivity index (χ0n) is 17.1. The number of nitrogens with zero attached hydrogens (tertiary/aromatic N) is 2. The van der Waals surface area contributed by atoms with Gasteiger partial charge >= 0.3 is 0 Å². The van der Waals surface area contributed by atoms with Crippen LogP contribution in [-0.4, -0.2) is 33.3 Å². The van der Waals surface area contributed by atoms with Gasteiger partial charge in [0.15, 0.2) is 0 Å². The third-order valence-electron chi connectivity index (χ3n) is 4.52. The lowest BCUT2D eigenvalue weighted by Gasteiger charge is -2.19. The number of hydrazone groups is 1. The van der Waals surface area contributed by atoms with Crippen LogP contribution >= 0.6 is 0 Å². The monoisotopic (exact) mass is 424 g/mol. The molecule has 0 aliphatic rings. The van der Waals surface area contributed by atoms with Gasteiger partial charge in [-0.15, -0.1) is 0 Å². The highest BCUT2D eigenvalue weighted by atomic mass is 32.2. The van der Waals surface area contributed by atoms with Crippen molar-refractivity contribution in [3.05, 3.63) is 89.5 Å². The van der Waals surface area contributed by atoms with Gasteiger partial charge in [0.05, 0.1) is 31.9 Å². The summed E-state index contributed by atoms with van der Waals surface area (Å²) in [4.78, 5) is 0.188. The summed E-state index contributed by atoms with van der Waals surface area (Å²) in [6, 6.07) is 21.2. The molecule has 30 heavy (non-hydrogen) atoms. The fourth-order valence-electron chi connectivity index (χ4n) is 2.73. The molecule has 0 saturated carbocycles. The van der Waals surface area contributed by atoms with Crippen molar-refractivity contribution in [1.82, 2.24) is 4.41 Å². The van der Waals surface area contributed by atoms with Gasteiger partial charge in [0, 0.05) is 0 Å². The normalized spacial score (nSPS) is 11.4. The van der Waals surface area contributed by atoms with Crippen molar-refractivity contribution < 1.29 is 17.9 Å². The van der Waals surface area contributed by atoms with Crippen LogP contribution in [0.1, 0.15) is 16.7 Å². The first-order valence-electron chi connectivity index (χ1n) is 9.33. The van der Waals surface area contributed by atoms with E-state index in [1.165, 1.54) is 6.21 Å². The molecular weight excluding hydrogens is 400 g/mol. The molecule has 156 valence electrons. The highest BCUT2D eigenvalue weighted by Gasteiger charge is 2.23. The molecule has 0 aliphatic carbocycles. The minimum atomic E-state index is -3.84. The molecule has 0 unspecified atom stereocenters. The molecule has 0 aromatic heterocycles. The van der Waals surface area contributed by atoms with E-state index in [2.05, 4.69) is 5.10 Å². The maximum absolute atomic E-state index is 13.3. The quantitative estimate of drug-likeness (QED) is 0.401. The predicted molar refractivity (Wildman–Crippen MR) is 117 cm³/mol. The Hall–Kier alpha value is -3.32. The molecule has 0 saturated heterocycles. The largest absolute Gasteiger partial charge is 0.497 e. The third kappa shape index (κ3) is 5.18. The van der Waals surface area contributed by atoms with E-state index in [0.717, 1.165) is 26.9 Å². The number of rotatable bonds is 8. The molecule has 6 nitrogen and oxygen atoms in total. The molecule has 0 bridgehead atoms. The molecule has 0 N–H and O–H groups in total. The fraction of sp³-hybridized carbons (Fsp3) is 0.174. The zero-order chi connectivity index (χ0) is 21.6. The number of hydrogen-bond acceptors (Lipinski definition) is 5. The van der Waals surface area contributed by atoms with E-state index in [1.54, 1.807) is 62.8 Å². The molecule has 3 rings (SSSR count). The van der Waals surface area contributed by atoms with Crippen molar-refractivity contribution in [3.8, 4) is 11.5 Å². The van der Waals surface area contributed by atoms with Crippen LogP contribution in [-0.2, 0) is 16.6 Å². The first-order chi connectivity index (χ1) is 14.4. The van der Waals surface area contributed by atoms with E-state index in [-0.39, 0.29) is 11.4 Å². The van der Waals surface area contributed by atoms with Gasteiger partial charge in [-0.2, -0.15) is 17.9 Å². The number of methoxy groups -OCH3 is 2.